The molecule has 0 bridgehead atoms. The van der Waals surface area contributed by atoms with Gasteiger partial charge in [0.25, 0.3) is 0 Å². The molecule has 4 nitrogen and oxygen atoms in total. The van der Waals surface area contributed by atoms with Crippen LogP contribution >= 0.6 is 0 Å². The van der Waals surface area contributed by atoms with E-state index in [-0.39, 0.29) is 12.2 Å². The summed E-state index contributed by atoms with van der Waals surface area (Å²) in [7, 11) is 0. The number of rotatable bonds is 0. The average molecular weight is 190 g/mol. The molecule has 0 radical (unpaired) electrons. The number of hydrogen-bond acceptors (Lipinski definition) is 3. The van der Waals surface area contributed by atoms with E-state index in [1.165, 1.54) is 6.21 Å². The van der Waals surface area contributed by atoms with Crippen molar-refractivity contribution in [2.45, 2.75) is 18.5 Å². The van der Waals surface area contributed by atoms with E-state index in [0.717, 1.165) is 11.0 Å². The van der Waals surface area contributed by atoms with Crippen LogP contribution in [0.3, 0.4) is 0 Å². The van der Waals surface area contributed by atoms with Gasteiger partial charge in [0.1, 0.15) is 12.2 Å². The lowest BCUT2D eigenvalue weighted by Gasteiger charge is -2.19. The van der Waals surface area contributed by atoms with Crippen molar-refractivity contribution >= 4 is 6.21 Å². The summed E-state index contributed by atoms with van der Waals surface area (Å²) < 4.78 is 38.1. The van der Waals surface area contributed by atoms with Crippen LogP contribution in [-0.4, -0.2) is 27.3 Å². The molecule has 13 heavy (non-hydrogen) atoms. The normalized spacial score (nSPS) is 21.6. The van der Waals surface area contributed by atoms with Crippen molar-refractivity contribution in [2.24, 2.45) is 5.10 Å². The largest absolute Gasteiger partial charge is 0.399 e. The Bertz CT molecular complexity index is 340. The molecule has 2 heterocycles. The van der Waals surface area contributed by atoms with Crippen molar-refractivity contribution in [3.63, 3.8) is 0 Å². The molecule has 1 aliphatic heterocycles. The number of fused-ring (bicyclic) bond motifs is 1. The molecule has 1 aromatic heterocycles. The fourth-order valence-corrected chi connectivity index (χ4v) is 1.18. The SMILES string of the molecule is FC(F)(F)C1CC=Nn2cnnc21. The zero-order valence-corrected chi connectivity index (χ0v) is 6.36. The number of halogens is 3. The van der Waals surface area contributed by atoms with Gasteiger partial charge in [-0.3, -0.25) is 0 Å². The fraction of sp³-hybridized carbons (Fsp3) is 0.500. The standard InChI is InChI=1S/C6H5F3N4/c7-6(8,9)4-1-2-11-13-3-10-12-5(4)13/h2-4H,1H2. The van der Waals surface area contributed by atoms with E-state index in [1.807, 2.05) is 0 Å². The van der Waals surface area contributed by atoms with Crippen molar-refractivity contribution < 1.29 is 13.2 Å². The highest BCUT2D eigenvalue weighted by molar-refractivity contribution is 5.59. The van der Waals surface area contributed by atoms with E-state index in [1.54, 1.807) is 0 Å². The third kappa shape index (κ3) is 1.30. The molecule has 0 N–H and O–H groups in total. The molecule has 7 heteroatoms. The smallest absolute Gasteiger partial charge is 0.204 e. The highest BCUT2D eigenvalue weighted by atomic mass is 19.4. The number of alkyl halides is 3. The van der Waals surface area contributed by atoms with E-state index < -0.39 is 12.1 Å². The highest BCUT2D eigenvalue weighted by Gasteiger charge is 2.44. The Morgan fingerprint density at radius 3 is 2.92 bits per heavy atom. The predicted molar refractivity (Wildman–Crippen MR) is 37.3 cm³/mol. The van der Waals surface area contributed by atoms with Crippen LogP contribution in [0.4, 0.5) is 13.2 Å². The first-order chi connectivity index (χ1) is 6.09. The fourth-order valence-electron chi connectivity index (χ4n) is 1.18. The van der Waals surface area contributed by atoms with Gasteiger partial charge < -0.3 is 0 Å². The molecule has 0 amide bonds. The molecule has 1 atom stereocenters. The van der Waals surface area contributed by atoms with Gasteiger partial charge in [-0.15, -0.1) is 10.2 Å². The molecular formula is C6H5F3N4. The maximum Gasteiger partial charge on any atom is 0.399 e. The minimum atomic E-state index is -4.28. The van der Waals surface area contributed by atoms with Gasteiger partial charge in [0.2, 0.25) is 0 Å². The van der Waals surface area contributed by atoms with Gasteiger partial charge in [-0.25, -0.2) is 4.68 Å². The van der Waals surface area contributed by atoms with Gasteiger partial charge in [0.05, 0.1) is 0 Å². The summed E-state index contributed by atoms with van der Waals surface area (Å²) in [6.07, 6.45) is -2.07. The second-order valence-corrected chi connectivity index (χ2v) is 2.66. The molecule has 0 aromatic carbocycles. The molecule has 70 valence electrons. The second-order valence-electron chi connectivity index (χ2n) is 2.66. The van der Waals surface area contributed by atoms with Crippen LogP contribution in [0.5, 0.6) is 0 Å². The van der Waals surface area contributed by atoms with E-state index >= 15 is 0 Å². The minimum Gasteiger partial charge on any atom is -0.204 e. The van der Waals surface area contributed by atoms with E-state index in [4.69, 9.17) is 0 Å². The van der Waals surface area contributed by atoms with E-state index in [0.29, 0.717) is 0 Å². The first-order valence-corrected chi connectivity index (χ1v) is 3.58. The second kappa shape index (κ2) is 2.54. The lowest BCUT2D eigenvalue weighted by Crippen LogP contribution is -2.26. The van der Waals surface area contributed by atoms with E-state index in [9.17, 15) is 13.2 Å². The predicted octanol–water partition coefficient (Wildman–Crippen LogP) is 1.16. The van der Waals surface area contributed by atoms with E-state index in [2.05, 4.69) is 15.3 Å². The third-order valence-electron chi connectivity index (χ3n) is 1.81. The molecule has 0 spiro atoms. The van der Waals surface area contributed by atoms with Gasteiger partial charge in [-0.1, -0.05) is 0 Å². The van der Waals surface area contributed by atoms with Gasteiger partial charge in [-0.05, 0) is 0 Å². The summed E-state index contributed by atoms with van der Waals surface area (Å²) in [6.45, 7) is 0. The van der Waals surface area contributed by atoms with Crippen LogP contribution in [0.1, 0.15) is 18.2 Å². The van der Waals surface area contributed by atoms with Crippen LogP contribution in [0.25, 0.3) is 0 Å². The molecule has 0 saturated carbocycles. The average Bonchev–Trinajstić information content (AvgIpc) is 2.48. The number of nitrogens with zero attached hydrogens (tertiary/aromatic N) is 4. The molecule has 0 saturated heterocycles. The van der Waals surface area contributed by atoms with Gasteiger partial charge in [-0.2, -0.15) is 18.3 Å². The molecule has 2 rings (SSSR count). The van der Waals surface area contributed by atoms with Crippen LogP contribution in [-0.2, 0) is 0 Å². The lowest BCUT2D eigenvalue weighted by molar-refractivity contribution is -0.151. The summed E-state index contributed by atoms with van der Waals surface area (Å²) in [5, 5.41) is 10.4. The van der Waals surface area contributed by atoms with Crippen LogP contribution in [0.15, 0.2) is 11.4 Å². The third-order valence-corrected chi connectivity index (χ3v) is 1.81. The zero-order chi connectivity index (χ0) is 9.47. The molecule has 1 aliphatic rings. The van der Waals surface area contributed by atoms with Crippen molar-refractivity contribution in [3.05, 3.63) is 12.2 Å². The Kier molecular flexibility index (Phi) is 1.61. The first kappa shape index (κ1) is 8.21. The Labute approximate surface area is 71.1 Å². The Morgan fingerprint density at radius 2 is 2.23 bits per heavy atom. The molecule has 0 fully saturated rings. The molecule has 1 aromatic rings. The Morgan fingerprint density at radius 1 is 1.46 bits per heavy atom. The van der Waals surface area contributed by atoms with Crippen molar-refractivity contribution in [2.75, 3.05) is 0 Å². The van der Waals surface area contributed by atoms with Gasteiger partial charge in [0, 0.05) is 12.6 Å². The molecule has 1 unspecified atom stereocenters. The summed E-state index contributed by atoms with van der Waals surface area (Å²) >= 11 is 0. The summed E-state index contributed by atoms with van der Waals surface area (Å²) in [5.41, 5.74) is 0. The topological polar surface area (TPSA) is 43.1 Å². The molecular weight excluding hydrogens is 185 g/mol. The summed E-state index contributed by atoms with van der Waals surface area (Å²) in [4.78, 5) is 0. The van der Waals surface area contributed by atoms with Crippen molar-refractivity contribution in [1.29, 1.82) is 0 Å². The summed E-state index contributed by atoms with van der Waals surface area (Å²) in [6, 6.07) is 0. The van der Waals surface area contributed by atoms with Crippen LogP contribution < -0.4 is 0 Å². The first-order valence-electron chi connectivity index (χ1n) is 3.58. The Hall–Kier alpha value is -1.40. The number of aromatic nitrogens is 3. The van der Waals surface area contributed by atoms with Gasteiger partial charge in [0.15, 0.2) is 5.82 Å². The quantitative estimate of drug-likeness (QED) is 0.616. The van der Waals surface area contributed by atoms with Crippen molar-refractivity contribution in [1.82, 2.24) is 14.9 Å². The number of hydrogen-bond donors (Lipinski definition) is 0. The minimum absolute atomic E-state index is 0.144. The van der Waals surface area contributed by atoms with Crippen LogP contribution in [0, 0.1) is 0 Å². The molecule has 0 aliphatic carbocycles. The summed E-state index contributed by atoms with van der Waals surface area (Å²) in [5.74, 6) is -1.72. The maximum atomic E-state index is 12.4. The highest BCUT2D eigenvalue weighted by Crippen LogP contribution is 2.36. The Balaban J connectivity index is 2.41. The van der Waals surface area contributed by atoms with Crippen LogP contribution in [0.2, 0.25) is 0 Å². The van der Waals surface area contributed by atoms with Gasteiger partial charge >= 0.3 is 6.18 Å². The van der Waals surface area contributed by atoms with Crippen molar-refractivity contribution in [3.8, 4) is 0 Å². The maximum absolute atomic E-state index is 12.4. The zero-order valence-electron chi connectivity index (χ0n) is 6.36. The monoisotopic (exact) mass is 190 g/mol. The lowest BCUT2D eigenvalue weighted by atomic mass is 10.0.